The first-order valence-corrected chi connectivity index (χ1v) is 12.3. The molecule has 0 unspecified atom stereocenters. The molecule has 0 amide bonds. The molecule has 1 aliphatic carbocycles. The van der Waals surface area contributed by atoms with Crippen molar-refractivity contribution in [3.05, 3.63) is 59.2 Å². The summed E-state index contributed by atoms with van der Waals surface area (Å²) in [4.78, 5) is 14.3. The highest BCUT2D eigenvalue weighted by atomic mass is 32.2. The van der Waals surface area contributed by atoms with Crippen LogP contribution in [-0.4, -0.2) is 51.6 Å². The second-order valence-electron chi connectivity index (χ2n) is 8.29. The Balaban J connectivity index is 1.87. The molecule has 3 rings (SSSR count). The van der Waals surface area contributed by atoms with Crippen molar-refractivity contribution < 1.29 is 18.3 Å². The lowest BCUT2D eigenvalue weighted by molar-refractivity contribution is 0.0697. The number of para-hydroxylation sites is 1. The first-order chi connectivity index (χ1) is 15.2. The summed E-state index contributed by atoms with van der Waals surface area (Å²) >= 11 is 0. The predicted octanol–water partition coefficient (Wildman–Crippen LogP) is 4.29. The van der Waals surface area contributed by atoms with Crippen LogP contribution in [-0.2, 0) is 16.4 Å². The van der Waals surface area contributed by atoms with Crippen LogP contribution in [0.15, 0.2) is 47.4 Å². The van der Waals surface area contributed by atoms with E-state index in [4.69, 9.17) is 0 Å². The summed E-state index contributed by atoms with van der Waals surface area (Å²) in [6, 6.07) is 10.0. The molecule has 32 heavy (non-hydrogen) atoms. The first-order valence-electron chi connectivity index (χ1n) is 10.8. The number of anilines is 2. The molecule has 8 heteroatoms. The lowest BCUT2D eigenvalue weighted by Gasteiger charge is -2.21. The van der Waals surface area contributed by atoms with Crippen LogP contribution in [0.4, 0.5) is 11.4 Å². The predicted molar refractivity (Wildman–Crippen MR) is 129 cm³/mol. The van der Waals surface area contributed by atoms with Gasteiger partial charge in [-0.15, -0.1) is 0 Å². The van der Waals surface area contributed by atoms with E-state index in [1.54, 1.807) is 24.3 Å². The molecule has 0 atom stereocenters. The van der Waals surface area contributed by atoms with Gasteiger partial charge in [-0.25, -0.2) is 13.2 Å². The van der Waals surface area contributed by atoms with E-state index in [1.807, 2.05) is 33.2 Å². The summed E-state index contributed by atoms with van der Waals surface area (Å²) in [5, 5.41) is 13.1. The van der Waals surface area contributed by atoms with Crippen molar-refractivity contribution in [1.29, 1.82) is 0 Å². The number of hydrogen-bond donors (Lipinski definition) is 3. The van der Waals surface area contributed by atoms with Crippen LogP contribution in [0.2, 0.25) is 0 Å². The minimum atomic E-state index is -4.00. The van der Waals surface area contributed by atoms with Gasteiger partial charge in [0.2, 0.25) is 0 Å². The van der Waals surface area contributed by atoms with E-state index in [1.165, 1.54) is 6.07 Å². The van der Waals surface area contributed by atoms with E-state index < -0.39 is 16.0 Å². The maximum absolute atomic E-state index is 13.3. The largest absolute Gasteiger partial charge is 0.478 e. The summed E-state index contributed by atoms with van der Waals surface area (Å²) in [6.45, 7) is 3.47. The van der Waals surface area contributed by atoms with Crippen LogP contribution in [0.1, 0.15) is 47.7 Å². The monoisotopic (exact) mass is 457 g/mol. The molecule has 7 nitrogen and oxygen atoms in total. The fourth-order valence-corrected chi connectivity index (χ4v) is 5.24. The summed E-state index contributed by atoms with van der Waals surface area (Å²) in [7, 11) is 0.0327. The Bertz CT molecular complexity index is 1120. The number of unbranched alkanes of at least 4 members (excludes halogenated alkanes) is 1. The molecule has 3 N–H and O–H groups in total. The zero-order valence-corrected chi connectivity index (χ0v) is 19.6. The van der Waals surface area contributed by atoms with Crippen molar-refractivity contribution in [3.63, 3.8) is 0 Å². The molecule has 0 aliphatic heterocycles. The maximum Gasteiger partial charge on any atom is 0.338 e. The third kappa shape index (κ3) is 5.49. The molecular formula is C24H31N3O4S. The Hall–Kier alpha value is -2.84. The number of rotatable bonds is 10. The summed E-state index contributed by atoms with van der Waals surface area (Å²) in [5.74, 6) is -1.15. The Morgan fingerprint density at radius 2 is 1.84 bits per heavy atom. The maximum atomic E-state index is 13.3. The van der Waals surface area contributed by atoms with Gasteiger partial charge in [0.25, 0.3) is 10.0 Å². The van der Waals surface area contributed by atoms with Gasteiger partial charge in [0.05, 0.1) is 16.9 Å². The minimum absolute atomic E-state index is 0.00588. The van der Waals surface area contributed by atoms with Crippen LogP contribution in [0, 0.1) is 0 Å². The Kier molecular flexibility index (Phi) is 7.58. The highest BCUT2D eigenvalue weighted by Gasteiger charge is 2.26. The average molecular weight is 458 g/mol. The second-order valence-corrected chi connectivity index (χ2v) is 9.94. The number of nitrogens with zero attached hydrogens (tertiary/aromatic N) is 1. The summed E-state index contributed by atoms with van der Waals surface area (Å²) < 4.78 is 29.0. The lowest BCUT2D eigenvalue weighted by atomic mass is 9.87. The smallest absolute Gasteiger partial charge is 0.338 e. The van der Waals surface area contributed by atoms with Gasteiger partial charge in [0.1, 0.15) is 4.90 Å². The van der Waals surface area contributed by atoms with Gasteiger partial charge in [0, 0.05) is 6.54 Å². The standard InChI is InChI=1S/C24H31N3O4S/c1-17-9-8-10-18-13-14-20(23(22(17)18)24(28)29)26-32(30,31)21-12-5-4-11-19(21)25-15-6-7-16-27(2)3/h4-5,9,11-14,25-26H,6-8,10,15-16H2,1-3H3,(H,28,29). The van der Waals surface area contributed by atoms with Crippen LogP contribution >= 0.6 is 0 Å². The quantitative estimate of drug-likeness (QED) is 0.461. The highest BCUT2D eigenvalue weighted by Crippen LogP contribution is 2.35. The number of carbonyl (C=O) groups is 1. The molecule has 0 radical (unpaired) electrons. The molecule has 0 aromatic heterocycles. The lowest BCUT2D eigenvalue weighted by Crippen LogP contribution is -2.19. The number of benzene rings is 2. The van der Waals surface area contributed by atoms with Gasteiger partial charge < -0.3 is 15.3 Å². The van der Waals surface area contributed by atoms with Crippen LogP contribution in [0.3, 0.4) is 0 Å². The number of nitrogens with one attached hydrogen (secondary N) is 2. The molecule has 2 aromatic carbocycles. The third-order valence-electron chi connectivity index (χ3n) is 5.53. The van der Waals surface area contributed by atoms with E-state index in [-0.39, 0.29) is 16.1 Å². The molecule has 0 heterocycles. The van der Waals surface area contributed by atoms with Crippen LogP contribution in [0.25, 0.3) is 5.57 Å². The van der Waals surface area contributed by atoms with Crippen LogP contribution in [0.5, 0.6) is 0 Å². The number of hydrogen-bond acceptors (Lipinski definition) is 5. The average Bonchev–Trinajstić information content (AvgIpc) is 2.73. The Morgan fingerprint density at radius 1 is 1.09 bits per heavy atom. The van der Waals surface area contributed by atoms with E-state index in [9.17, 15) is 18.3 Å². The number of carboxylic acid groups (broad SMARTS) is 1. The fraction of sp³-hybridized carbons (Fsp3) is 0.375. The van der Waals surface area contributed by atoms with Crippen molar-refractivity contribution in [2.24, 2.45) is 0 Å². The molecule has 0 saturated carbocycles. The summed E-state index contributed by atoms with van der Waals surface area (Å²) in [5.41, 5.74) is 2.95. The van der Waals surface area contributed by atoms with E-state index in [0.29, 0.717) is 17.8 Å². The fourth-order valence-electron chi connectivity index (χ4n) is 3.98. The molecule has 0 saturated heterocycles. The second kappa shape index (κ2) is 10.2. The van der Waals surface area contributed by atoms with Crippen molar-refractivity contribution >= 4 is 32.9 Å². The number of aryl methyl sites for hydroxylation is 1. The van der Waals surface area contributed by atoms with Crippen molar-refractivity contribution in [3.8, 4) is 0 Å². The normalized spacial score (nSPS) is 13.4. The molecule has 0 fully saturated rings. The van der Waals surface area contributed by atoms with E-state index >= 15 is 0 Å². The minimum Gasteiger partial charge on any atom is -0.478 e. The third-order valence-corrected chi connectivity index (χ3v) is 6.96. The topological polar surface area (TPSA) is 98.7 Å². The Morgan fingerprint density at radius 3 is 2.56 bits per heavy atom. The number of allylic oxidation sites excluding steroid dienone is 2. The number of fused-ring (bicyclic) bond motifs is 1. The van der Waals surface area contributed by atoms with E-state index in [0.717, 1.165) is 43.4 Å². The highest BCUT2D eigenvalue weighted by molar-refractivity contribution is 7.92. The van der Waals surface area contributed by atoms with Gasteiger partial charge in [-0.3, -0.25) is 4.72 Å². The van der Waals surface area contributed by atoms with Crippen molar-refractivity contribution in [2.45, 2.75) is 37.5 Å². The first kappa shape index (κ1) is 23.8. The van der Waals surface area contributed by atoms with E-state index in [2.05, 4.69) is 14.9 Å². The van der Waals surface area contributed by atoms with Gasteiger partial charge in [0.15, 0.2) is 0 Å². The number of sulfonamides is 1. The number of aromatic carboxylic acids is 1. The molecule has 2 aromatic rings. The Labute approximate surface area is 190 Å². The van der Waals surface area contributed by atoms with Crippen LogP contribution < -0.4 is 10.0 Å². The molecule has 0 spiro atoms. The molecule has 1 aliphatic rings. The molecular weight excluding hydrogens is 426 g/mol. The van der Waals surface area contributed by atoms with Crippen molar-refractivity contribution in [1.82, 2.24) is 4.90 Å². The van der Waals surface area contributed by atoms with Gasteiger partial charge in [-0.2, -0.15) is 0 Å². The van der Waals surface area contributed by atoms with Gasteiger partial charge in [-0.05, 0) is 88.1 Å². The van der Waals surface area contributed by atoms with Crippen molar-refractivity contribution in [2.75, 3.05) is 37.2 Å². The molecule has 172 valence electrons. The number of carboxylic acids is 1. The zero-order chi connectivity index (χ0) is 23.3. The summed E-state index contributed by atoms with van der Waals surface area (Å²) in [6.07, 6.45) is 5.47. The van der Waals surface area contributed by atoms with Gasteiger partial charge in [-0.1, -0.05) is 24.3 Å². The van der Waals surface area contributed by atoms with Gasteiger partial charge >= 0.3 is 5.97 Å². The SMILES string of the molecule is CC1=CCCc2ccc(NS(=O)(=O)c3ccccc3NCCCCN(C)C)c(C(=O)O)c21. The molecule has 0 bridgehead atoms. The zero-order valence-electron chi connectivity index (χ0n) is 18.8.